The monoisotopic (exact) mass is 255 g/mol. The summed E-state index contributed by atoms with van der Waals surface area (Å²) in [7, 11) is 0. The van der Waals surface area contributed by atoms with Crippen molar-refractivity contribution in [3.63, 3.8) is 0 Å². The van der Waals surface area contributed by atoms with E-state index in [1.165, 1.54) is 12.8 Å². The van der Waals surface area contributed by atoms with Crippen LogP contribution in [0.4, 0.5) is 4.79 Å². The molecular weight excluding hydrogens is 226 g/mol. The molecule has 0 N–H and O–H groups in total. The number of hydrogen-bond acceptors (Lipinski definition) is 2. The van der Waals surface area contributed by atoms with Crippen molar-refractivity contribution in [2.75, 3.05) is 13.2 Å². The molecule has 1 saturated carbocycles. The van der Waals surface area contributed by atoms with Crippen LogP contribution in [0.25, 0.3) is 0 Å². The topological polar surface area (TPSA) is 29.5 Å². The van der Waals surface area contributed by atoms with Crippen LogP contribution in [0, 0.1) is 5.92 Å². The summed E-state index contributed by atoms with van der Waals surface area (Å²) in [5.74, 6) is 0.820. The molecule has 3 nitrogen and oxygen atoms in total. The molecule has 0 radical (unpaired) electrons. The zero-order valence-electron chi connectivity index (χ0n) is 12.3. The van der Waals surface area contributed by atoms with Crippen LogP contribution in [0.5, 0.6) is 0 Å². The third-order valence-electron chi connectivity index (χ3n) is 3.85. The molecule has 1 aliphatic rings. The number of carbonyl (C=O) groups excluding carboxylic acids is 1. The highest BCUT2D eigenvalue weighted by Gasteiger charge is 2.27. The van der Waals surface area contributed by atoms with Crippen molar-refractivity contribution in [2.24, 2.45) is 5.92 Å². The summed E-state index contributed by atoms with van der Waals surface area (Å²) < 4.78 is 5.36. The molecule has 0 bridgehead atoms. The summed E-state index contributed by atoms with van der Waals surface area (Å²) >= 11 is 0. The molecule has 0 spiro atoms. The van der Waals surface area contributed by atoms with Gasteiger partial charge < -0.3 is 9.64 Å². The van der Waals surface area contributed by atoms with Gasteiger partial charge in [0.1, 0.15) is 0 Å². The summed E-state index contributed by atoms with van der Waals surface area (Å²) in [6.07, 6.45) is 7.73. The van der Waals surface area contributed by atoms with Gasteiger partial charge in [-0.3, -0.25) is 0 Å². The van der Waals surface area contributed by atoms with Crippen LogP contribution in [-0.2, 0) is 4.74 Å². The Balaban J connectivity index is 2.44. The first kappa shape index (κ1) is 15.3. The van der Waals surface area contributed by atoms with E-state index >= 15 is 0 Å². The predicted octanol–water partition coefficient (Wildman–Crippen LogP) is 4.21. The molecule has 1 fully saturated rings. The molecule has 0 aromatic carbocycles. The molecule has 0 aromatic rings. The van der Waals surface area contributed by atoms with Crippen LogP contribution < -0.4 is 0 Å². The molecule has 3 heteroatoms. The van der Waals surface area contributed by atoms with Crippen molar-refractivity contribution < 1.29 is 9.53 Å². The van der Waals surface area contributed by atoms with E-state index in [2.05, 4.69) is 20.8 Å². The molecule has 0 aliphatic heterocycles. The summed E-state index contributed by atoms with van der Waals surface area (Å²) in [6, 6.07) is 0.412. The maximum absolute atomic E-state index is 12.1. The molecule has 0 unspecified atom stereocenters. The van der Waals surface area contributed by atoms with Crippen molar-refractivity contribution in [2.45, 2.75) is 71.8 Å². The van der Waals surface area contributed by atoms with Crippen LogP contribution in [0.3, 0.4) is 0 Å². The van der Waals surface area contributed by atoms with E-state index < -0.39 is 0 Å². The number of nitrogens with zero attached hydrogens (tertiary/aromatic N) is 1. The van der Waals surface area contributed by atoms with Crippen LogP contribution in [0.1, 0.15) is 65.7 Å². The minimum atomic E-state index is -0.0927. The maximum Gasteiger partial charge on any atom is 0.410 e. The fraction of sp³-hybridized carbons (Fsp3) is 0.933. The van der Waals surface area contributed by atoms with Crippen LogP contribution in [-0.4, -0.2) is 30.2 Å². The van der Waals surface area contributed by atoms with Crippen molar-refractivity contribution in [3.8, 4) is 0 Å². The summed E-state index contributed by atoms with van der Waals surface area (Å²) in [6.45, 7) is 7.95. The van der Waals surface area contributed by atoms with Gasteiger partial charge in [0.2, 0.25) is 0 Å². The Morgan fingerprint density at radius 3 is 2.39 bits per heavy atom. The highest BCUT2D eigenvalue weighted by Crippen LogP contribution is 2.27. The SMILES string of the molecule is CCCCOC(=O)N(CCC)C1CCC(C)CC1. The van der Waals surface area contributed by atoms with Crippen molar-refractivity contribution in [1.29, 1.82) is 0 Å². The molecule has 18 heavy (non-hydrogen) atoms. The second-order valence-corrected chi connectivity index (χ2v) is 5.58. The van der Waals surface area contributed by atoms with Crippen LogP contribution in [0.15, 0.2) is 0 Å². The lowest BCUT2D eigenvalue weighted by Crippen LogP contribution is -2.43. The first-order valence-electron chi connectivity index (χ1n) is 7.62. The van der Waals surface area contributed by atoms with E-state index in [1.807, 2.05) is 4.90 Å². The van der Waals surface area contributed by atoms with E-state index in [9.17, 15) is 4.79 Å². The molecule has 0 aromatic heterocycles. The lowest BCUT2D eigenvalue weighted by atomic mass is 9.86. The second kappa shape index (κ2) is 8.39. The quantitative estimate of drug-likeness (QED) is 0.665. The zero-order chi connectivity index (χ0) is 13.4. The van der Waals surface area contributed by atoms with E-state index in [0.29, 0.717) is 12.6 Å². The van der Waals surface area contributed by atoms with Crippen LogP contribution >= 0.6 is 0 Å². The Bertz CT molecular complexity index is 235. The summed E-state index contributed by atoms with van der Waals surface area (Å²) in [5, 5.41) is 0. The molecule has 1 rings (SSSR count). The van der Waals surface area contributed by atoms with Gasteiger partial charge in [0.05, 0.1) is 6.61 Å². The van der Waals surface area contributed by atoms with Gasteiger partial charge in [0.25, 0.3) is 0 Å². The minimum Gasteiger partial charge on any atom is -0.449 e. The van der Waals surface area contributed by atoms with E-state index in [1.54, 1.807) is 0 Å². The molecule has 0 saturated heterocycles. The Labute approximate surface area is 112 Å². The number of unbranched alkanes of at least 4 members (excludes halogenated alkanes) is 1. The number of carbonyl (C=O) groups is 1. The van der Waals surface area contributed by atoms with Gasteiger partial charge in [-0.2, -0.15) is 0 Å². The molecule has 1 aliphatic carbocycles. The van der Waals surface area contributed by atoms with Gasteiger partial charge in [0, 0.05) is 12.6 Å². The molecule has 0 heterocycles. The van der Waals surface area contributed by atoms with Gasteiger partial charge in [-0.05, 0) is 44.4 Å². The van der Waals surface area contributed by atoms with E-state index in [0.717, 1.165) is 44.6 Å². The number of rotatable bonds is 6. The molecule has 1 amide bonds. The fourth-order valence-corrected chi connectivity index (χ4v) is 2.60. The molecule has 106 valence electrons. The Morgan fingerprint density at radius 1 is 1.17 bits per heavy atom. The van der Waals surface area contributed by atoms with Crippen LogP contribution in [0.2, 0.25) is 0 Å². The predicted molar refractivity (Wildman–Crippen MR) is 74.7 cm³/mol. The van der Waals surface area contributed by atoms with Gasteiger partial charge in [-0.25, -0.2) is 4.79 Å². The Morgan fingerprint density at radius 2 is 1.83 bits per heavy atom. The van der Waals surface area contributed by atoms with Gasteiger partial charge in [-0.15, -0.1) is 0 Å². The molecular formula is C15H29NO2. The lowest BCUT2D eigenvalue weighted by molar-refractivity contribution is 0.0722. The standard InChI is InChI=1S/C15H29NO2/c1-4-6-12-18-15(17)16(11-5-2)14-9-7-13(3)8-10-14/h13-14H,4-12H2,1-3H3. The van der Waals surface area contributed by atoms with Gasteiger partial charge in [-0.1, -0.05) is 27.2 Å². The first-order valence-corrected chi connectivity index (χ1v) is 7.62. The molecule has 0 atom stereocenters. The average molecular weight is 255 g/mol. The van der Waals surface area contributed by atoms with E-state index in [4.69, 9.17) is 4.74 Å². The Kier molecular flexibility index (Phi) is 7.14. The van der Waals surface area contributed by atoms with Crippen molar-refractivity contribution in [1.82, 2.24) is 4.90 Å². The van der Waals surface area contributed by atoms with Crippen molar-refractivity contribution >= 4 is 6.09 Å². The largest absolute Gasteiger partial charge is 0.449 e. The van der Waals surface area contributed by atoms with E-state index in [-0.39, 0.29) is 6.09 Å². The maximum atomic E-state index is 12.1. The summed E-state index contributed by atoms with van der Waals surface area (Å²) in [4.78, 5) is 14.1. The smallest absolute Gasteiger partial charge is 0.410 e. The minimum absolute atomic E-state index is 0.0927. The highest BCUT2D eigenvalue weighted by atomic mass is 16.6. The fourth-order valence-electron chi connectivity index (χ4n) is 2.60. The van der Waals surface area contributed by atoms with Gasteiger partial charge in [0.15, 0.2) is 0 Å². The highest BCUT2D eigenvalue weighted by molar-refractivity contribution is 5.68. The Hall–Kier alpha value is -0.730. The summed E-state index contributed by atoms with van der Waals surface area (Å²) in [5.41, 5.74) is 0. The third-order valence-corrected chi connectivity index (χ3v) is 3.85. The number of hydrogen-bond donors (Lipinski definition) is 0. The average Bonchev–Trinajstić information content (AvgIpc) is 2.37. The normalized spacial score (nSPS) is 23.7. The zero-order valence-corrected chi connectivity index (χ0v) is 12.3. The first-order chi connectivity index (χ1) is 8.69. The third kappa shape index (κ3) is 4.87. The second-order valence-electron chi connectivity index (χ2n) is 5.58. The number of ether oxygens (including phenoxy) is 1. The van der Waals surface area contributed by atoms with Gasteiger partial charge >= 0.3 is 6.09 Å². The number of amides is 1. The van der Waals surface area contributed by atoms with Crippen molar-refractivity contribution in [3.05, 3.63) is 0 Å². The lowest BCUT2D eigenvalue weighted by Gasteiger charge is -2.35.